The zero-order chi connectivity index (χ0) is 17.5. The minimum Gasteiger partial charge on any atom is -0.481 e. The van der Waals surface area contributed by atoms with Crippen LogP contribution in [-0.2, 0) is 4.79 Å². The largest absolute Gasteiger partial charge is 0.481 e. The maximum atomic E-state index is 13.8. The van der Waals surface area contributed by atoms with Gasteiger partial charge < -0.3 is 10.4 Å². The highest BCUT2D eigenvalue weighted by Crippen LogP contribution is 2.17. The lowest BCUT2D eigenvalue weighted by Crippen LogP contribution is -2.25. The van der Waals surface area contributed by atoms with Gasteiger partial charge in [-0.3, -0.25) is 9.59 Å². The molecule has 0 bridgehead atoms. The van der Waals surface area contributed by atoms with Gasteiger partial charge in [-0.15, -0.1) is 0 Å². The Morgan fingerprint density at radius 2 is 2.00 bits per heavy atom. The van der Waals surface area contributed by atoms with Crippen molar-refractivity contribution in [3.8, 4) is 5.69 Å². The molecule has 0 aliphatic heterocycles. The van der Waals surface area contributed by atoms with E-state index in [2.05, 4.69) is 10.4 Å². The number of halogens is 1. The van der Waals surface area contributed by atoms with Crippen LogP contribution in [0.1, 0.15) is 41.7 Å². The summed E-state index contributed by atoms with van der Waals surface area (Å²) >= 11 is 0. The average molecular weight is 333 g/mol. The molecule has 2 rings (SSSR count). The van der Waals surface area contributed by atoms with E-state index in [1.54, 1.807) is 25.1 Å². The van der Waals surface area contributed by atoms with Crippen molar-refractivity contribution in [2.45, 2.75) is 32.6 Å². The molecule has 2 N–H and O–H groups in total. The molecule has 0 saturated heterocycles. The lowest BCUT2D eigenvalue weighted by atomic mass is 10.2. The summed E-state index contributed by atoms with van der Waals surface area (Å²) in [6.07, 6.45) is 3.60. The summed E-state index contributed by atoms with van der Waals surface area (Å²) in [6.45, 7) is 2.17. The summed E-state index contributed by atoms with van der Waals surface area (Å²) in [4.78, 5) is 22.6. The van der Waals surface area contributed by atoms with Crippen molar-refractivity contribution in [3.63, 3.8) is 0 Å². The highest BCUT2D eigenvalue weighted by Gasteiger charge is 2.16. The summed E-state index contributed by atoms with van der Waals surface area (Å²) in [5, 5.41) is 15.4. The Labute approximate surface area is 139 Å². The number of carbonyl (C=O) groups excluding carboxylic acids is 1. The van der Waals surface area contributed by atoms with E-state index in [-0.39, 0.29) is 12.3 Å². The summed E-state index contributed by atoms with van der Waals surface area (Å²) < 4.78 is 15.2. The molecule has 0 radical (unpaired) electrons. The van der Waals surface area contributed by atoms with Gasteiger partial charge in [0.2, 0.25) is 0 Å². The molecule has 6 nitrogen and oxygen atoms in total. The number of para-hydroxylation sites is 1. The number of unbranched alkanes of at least 4 members (excludes halogenated alkanes) is 2. The molecule has 1 heterocycles. The fraction of sp³-hybridized carbons (Fsp3) is 0.353. The van der Waals surface area contributed by atoms with E-state index < -0.39 is 11.8 Å². The number of hydrogen-bond donors (Lipinski definition) is 2. The Morgan fingerprint density at radius 1 is 1.25 bits per heavy atom. The van der Waals surface area contributed by atoms with Crippen LogP contribution in [-0.4, -0.2) is 33.3 Å². The maximum absolute atomic E-state index is 13.8. The normalized spacial score (nSPS) is 10.6. The van der Waals surface area contributed by atoms with Crippen molar-refractivity contribution in [2.75, 3.05) is 6.54 Å². The number of carboxylic acid groups (broad SMARTS) is 1. The van der Waals surface area contributed by atoms with Gasteiger partial charge in [0.15, 0.2) is 0 Å². The quantitative estimate of drug-likeness (QED) is 0.728. The topological polar surface area (TPSA) is 84.2 Å². The number of carbonyl (C=O) groups is 2. The third-order valence-electron chi connectivity index (χ3n) is 3.69. The van der Waals surface area contributed by atoms with Crippen molar-refractivity contribution >= 4 is 11.9 Å². The summed E-state index contributed by atoms with van der Waals surface area (Å²) in [7, 11) is 0. The van der Waals surface area contributed by atoms with E-state index in [1.807, 2.05) is 0 Å². The van der Waals surface area contributed by atoms with Gasteiger partial charge in [0.1, 0.15) is 11.5 Å². The molecule has 1 aromatic heterocycles. The van der Waals surface area contributed by atoms with Crippen LogP contribution in [0.2, 0.25) is 0 Å². The maximum Gasteiger partial charge on any atom is 0.303 e. The van der Waals surface area contributed by atoms with Crippen molar-refractivity contribution in [1.29, 1.82) is 0 Å². The van der Waals surface area contributed by atoms with E-state index >= 15 is 0 Å². The summed E-state index contributed by atoms with van der Waals surface area (Å²) in [6, 6.07) is 6.23. The molecule has 7 heteroatoms. The third-order valence-corrected chi connectivity index (χ3v) is 3.69. The molecule has 0 aliphatic carbocycles. The Bertz CT molecular complexity index is 728. The molecule has 24 heavy (non-hydrogen) atoms. The number of aromatic nitrogens is 2. The Kier molecular flexibility index (Phi) is 6.06. The standard InChI is InChI=1S/C17H20FN3O3/c1-12-13(17(24)19-10-6-2-3-9-16(22)23)11-20-21(12)15-8-5-4-7-14(15)18/h4-5,7-8,11H,2-3,6,9-10H2,1H3,(H,19,24)(H,22,23). The molecule has 0 spiro atoms. The monoisotopic (exact) mass is 333 g/mol. The number of hydrogen-bond acceptors (Lipinski definition) is 3. The number of amides is 1. The molecule has 2 aromatic rings. The molecule has 0 atom stereocenters. The lowest BCUT2D eigenvalue weighted by molar-refractivity contribution is -0.137. The van der Waals surface area contributed by atoms with E-state index in [9.17, 15) is 14.0 Å². The van der Waals surface area contributed by atoms with Crippen LogP contribution in [0.15, 0.2) is 30.5 Å². The highest BCUT2D eigenvalue weighted by molar-refractivity contribution is 5.95. The Balaban J connectivity index is 1.92. The second kappa shape index (κ2) is 8.24. The van der Waals surface area contributed by atoms with Gasteiger partial charge in [-0.05, 0) is 31.9 Å². The smallest absolute Gasteiger partial charge is 0.303 e. The first kappa shape index (κ1) is 17.7. The molecular weight excluding hydrogens is 313 g/mol. The minimum atomic E-state index is -0.810. The second-order valence-corrected chi connectivity index (χ2v) is 5.47. The van der Waals surface area contributed by atoms with Crippen LogP contribution in [0, 0.1) is 12.7 Å². The number of rotatable bonds is 8. The number of carboxylic acids is 1. The number of nitrogens with one attached hydrogen (secondary N) is 1. The Hall–Kier alpha value is -2.70. The van der Waals surface area contributed by atoms with E-state index in [4.69, 9.17) is 5.11 Å². The first-order valence-electron chi connectivity index (χ1n) is 7.80. The van der Waals surface area contributed by atoms with Crippen molar-refractivity contribution < 1.29 is 19.1 Å². The second-order valence-electron chi connectivity index (χ2n) is 5.47. The SMILES string of the molecule is Cc1c(C(=O)NCCCCCC(=O)O)cnn1-c1ccccc1F. The van der Waals surface area contributed by atoms with Crippen LogP contribution in [0.25, 0.3) is 5.69 Å². The molecule has 0 unspecified atom stereocenters. The Morgan fingerprint density at radius 3 is 2.71 bits per heavy atom. The lowest BCUT2D eigenvalue weighted by Gasteiger charge is -2.07. The summed E-state index contributed by atoms with van der Waals surface area (Å²) in [5.74, 6) is -1.49. The van der Waals surface area contributed by atoms with Crippen molar-refractivity contribution in [1.82, 2.24) is 15.1 Å². The third kappa shape index (κ3) is 4.41. The highest BCUT2D eigenvalue weighted by atomic mass is 19.1. The zero-order valence-electron chi connectivity index (χ0n) is 13.5. The van der Waals surface area contributed by atoms with E-state index in [0.717, 1.165) is 6.42 Å². The molecule has 128 valence electrons. The van der Waals surface area contributed by atoms with E-state index in [1.165, 1.54) is 16.9 Å². The number of aliphatic carboxylic acids is 1. The van der Waals surface area contributed by atoms with Gasteiger partial charge in [0, 0.05) is 13.0 Å². The van der Waals surface area contributed by atoms with Crippen molar-refractivity contribution in [3.05, 3.63) is 47.5 Å². The van der Waals surface area contributed by atoms with Crippen LogP contribution in [0.5, 0.6) is 0 Å². The minimum absolute atomic E-state index is 0.141. The van der Waals surface area contributed by atoms with Crippen LogP contribution in [0.4, 0.5) is 4.39 Å². The molecule has 0 saturated carbocycles. The molecule has 0 aliphatic rings. The summed E-state index contributed by atoms with van der Waals surface area (Å²) in [5.41, 5.74) is 1.25. The molecular formula is C17H20FN3O3. The van der Waals surface area contributed by atoms with E-state index in [0.29, 0.717) is 36.3 Å². The van der Waals surface area contributed by atoms with Crippen LogP contribution in [0.3, 0.4) is 0 Å². The molecule has 1 amide bonds. The molecule has 1 aromatic carbocycles. The first-order valence-corrected chi connectivity index (χ1v) is 7.80. The number of benzene rings is 1. The predicted molar refractivity (Wildman–Crippen MR) is 86.7 cm³/mol. The first-order chi connectivity index (χ1) is 11.5. The predicted octanol–water partition coefficient (Wildman–Crippen LogP) is 2.69. The zero-order valence-corrected chi connectivity index (χ0v) is 13.5. The fourth-order valence-electron chi connectivity index (χ4n) is 2.37. The van der Waals surface area contributed by atoms with Gasteiger partial charge >= 0.3 is 5.97 Å². The van der Waals surface area contributed by atoms with Gasteiger partial charge in [-0.25, -0.2) is 9.07 Å². The fourth-order valence-corrected chi connectivity index (χ4v) is 2.37. The van der Waals surface area contributed by atoms with Crippen LogP contribution >= 0.6 is 0 Å². The van der Waals surface area contributed by atoms with Gasteiger partial charge in [-0.1, -0.05) is 18.6 Å². The molecule has 0 fully saturated rings. The average Bonchev–Trinajstić information content (AvgIpc) is 2.92. The van der Waals surface area contributed by atoms with Gasteiger partial charge in [0.25, 0.3) is 5.91 Å². The van der Waals surface area contributed by atoms with Gasteiger partial charge in [0.05, 0.1) is 17.5 Å². The van der Waals surface area contributed by atoms with Crippen molar-refractivity contribution in [2.24, 2.45) is 0 Å². The van der Waals surface area contributed by atoms with Gasteiger partial charge in [-0.2, -0.15) is 5.10 Å². The van der Waals surface area contributed by atoms with Crippen LogP contribution < -0.4 is 5.32 Å². The number of nitrogens with zero attached hydrogens (tertiary/aromatic N) is 2.